The average molecular weight is 317 g/mol. The van der Waals surface area contributed by atoms with Crippen LogP contribution in [0.2, 0.25) is 0 Å². The molecular formula is C18H44N4. The van der Waals surface area contributed by atoms with Crippen LogP contribution in [-0.2, 0) is 0 Å². The van der Waals surface area contributed by atoms with Gasteiger partial charge in [0.25, 0.3) is 0 Å². The molecule has 0 spiro atoms. The first-order valence-corrected chi connectivity index (χ1v) is 9.13. The molecule has 0 aliphatic carbocycles. The summed E-state index contributed by atoms with van der Waals surface area (Å²) in [5, 5.41) is 6.31. The molecule has 0 fully saturated rings. The van der Waals surface area contributed by atoms with E-state index in [-0.39, 0.29) is 0 Å². The van der Waals surface area contributed by atoms with Gasteiger partial charge in [-0.05, 0) is 94.1 Å². The van der Waals surface area contributed by atoms with Gasteiger partial charge < -0.3 is 20.4 Å². The van der Waals surface area contributed by atoms with Crippen LogP contribution in [0.5, 0.6) is 0 Å². The van der Waals surface area contributed by atoms with Crippen LogP contribution in [0, 0.1) is 0 Å². The number of hydrogen-bond donors (Lipinski definition) is 2. The topological polar surface area (TPSA) is 30.5 Å². The number of rotatable bonds is 14. The van der Waals surface area contributed by atoms with Gasteiger partial charge in [-0.1, -0.05) is 25.7 Å². The molecule has 4 heteroatoms. The molecule has 0 radical (unpaired) electrons. The van der Waals surface area contributed by atoms with E-state index >= 15 is 0 Å². The zero-order valence-electron chi connectivity index (χ0n) is 16.4. The van der Waals surface area contributed by atoms with E-state index in [0.717, 1.165) is 0 Å². The second-order valence-electron chi connectivity index (χ2n) is 6.64. The lowest BCUT2D eigenvalue weighted by atomic mass is 10.2. The second-order valence-corrected chi connectivity index (χ2v) is 6.64. The molecule has 0 atom stereocenters. The Kier molecular flexibility index (Phi) is 22.8. The molecular weight excluding hydrogens is 272 g/mol. The van der Waals surface area contributed by atoms with Gasteiger partial charge in [-0.3, -0.25) is 0 Å². The maximum Gasteiger partial charge on any atom is -0.00248 e. The van der Waals surface area contributed by atoms with Crippen molar-refractivity contribution in [1.82, 2.24) is 20.4 Å². The molecule has 0 aromatic heterocycles. The largest absolute Gasteiger partial charge is 0.320 e. The van der Waals surface area contributed by atoms with E-state index in [4.69, 9.17) is 0 Å². The standard InChI is InChI=1S/2C9H22N2/c2*1-10-8-6-4-5-7-9-11(2)3/h2*10H,4-9H2,1-3H3. The van der Waals surface area contributed by atoms with Crippen LogP contribution >= 0.6 is 0 Å². The van der Waals surface area contributed by atoms with E-state index in [9.17, 15) is 0 Å². The minimum Gasteiger partial charge on any atom is -0.320 e. The van der Waals surface area contributed by atoms with Crippen LogP contribution in [0.25, 0.3) is 0 Å². The summed E-state index contributed by atoms with van der Waals surface area (Å²) >= 11 is 0. The van der Waals surface area contributed by atoms with Crippen molar-refractivity contribution in [3.63, 3.8) is 0 Å². The minimum absolute atomic E-state index is 1.17. The Bertz CT molecular complexity index is 164. The van der Waals surface area contributed by atoms with Crippen LogP contribution in [0.1, 0.15) is 51.4 Å². The van der Waals surface area contributed by atoms with Gasteiger partial charge in [-0.2, -0.15) is 0 Å². The Labute approximate surface area is 141 Å². The van der Waals surface area contributed by atoms with E-state index in [1.165, 1.54) is 77.5 Å². The molecule has 22 heavy (non-hydrogen) atoms. The van der Waals surface area contributed by atoms with Gasteiger partial charge in [-0.15, -0.1) is 0 Å². The fourth-order valence-corrected chi connectivity index (χ4v) is 2.17. The number of unbranched alkanes of at least 4 members (excludes halogenated alkanes) is 6. The highest BCUT2D eigenvalue weighted by atomic mass is 15.0. The third-order valence-electron chi connectivity index (χ3n) is 3.56. The molecule has 2 N–H and O–H groups in total. The van der Waals surface area contributed by atoms with E-state index < -0.39 is 0 Å². The maximum absolute atomic E-state index is 3.16. The molecule has 0 aliphatic rings. The Morgan fingerprint density at radius 1 is 0.500 bits per heavy atom. The van der Waals surface area contributed by atoms with Crippen molar-refractivity contribution in [2.45, 2.75) is 51.4 Å². The number of nitrogens with one attached hydrogen (secondary N) is 2. The second kappa shape index (κ2) is 20.8. The average Bonchev–Trinajstić information content (AvgIpc) is 2.46. The minimum atomic E-state index is 1.17. The summed E-state index contributed by atoms with van der Waals surface area (Å²) in [6.07, 6.45) is 10.8. The highest BCUT2D eigenvalue weighted by Crippen LogP contribution is 1.99. The molecule has 136 valence electrons. The third kappa shape index (κ3) is 28.1. The first kappa shape index (κ1) is 24.1. The first-order valence-electron chi connectivity index (χ1n) is 9.13. The Balaban J connectivity index is 0. The summed E-state index contributed by atoms with van der Waals surface area (Å²) in [4.78, 5) is 4.50. The quantitative estimate of drug-likeness (QED) is 0.482. The van der Waals surface area contributed by atoms with Crippen molar-refractivity contribution in [3.05, 3.63) is 0 Å². The molecule has 0 saturated carbocycles. The molecule has 0 bridgehead atoms. The lowest BCUT2D eigenvalue weighted by molar-refractivity contribution is 0.390. The van der Waals surface area contributed by atoms with Gasteiger partial charge in [0.1, 0.15) is 0 Å². The van der Waals surface area contributed by atoms with Crippen molar-refractivity contribution in [2.24, 2.45) is 0 Å². The van der Waals surface area contributed by atoms with Crippen molar-refractivity contribution >= 4 is 0 Å². The van der Waals surface area contributed by atoms with E-state index in [1.807, 2.05) is 14.1 Å². The van der Waals surface area contributed by atoms with Gasteiger partial charge in [-0.25, -0.2) is 0 Å². The van der Waals surface area contributed by atoms with E-state index in [2.05, 4.69) is 48.6 Å². The Hall–Kier alpha value is -0.160. The highest BCUT2D eigenvalue weighted by Gasteiger charge is 1.91. The lowest BCUT2D eigenvalue weighted by Crippen LogP contribution is -2.13. The van der Waals surface area contributed by atoms with Crippen molar-refractivity contribution in [2.75, 3.05) is 68.5 Å². The van der Waals surface area contributed by atoms with Gasteiger partial charge in [0.05, 0.1) is 0 Å². The zero-order valence-corrected chi connectivity index (χ0v) is 16.4. The first-order chi connectivity index (χ1) is 10.5. The van der Waals surface area contributed by atoms with Crippen LogP contribution < -0.4 is 10.6 Å². The molecule has 0 aromatic rings. The van der Waals surface area contributed by atoms with E-state index in [0.29, 0.717) is 0 Å². The Morgan fingerprint density at radius 3 is 1.09 bits per heavy atom. The summed E-state index contributed by atoms with van der Waals surface area (Å²) < 4.78 is 0. The molecule has 0 aliphatic heterocycles. The fourth-order valence-electron chi connectivity index (χ4n) is 2.17. The molecule has 0 unspecified atom stereocenters. The predicted molar refractivity (Wildman–Crippen MR) is 102 cm³/mol. The maximum atomic E-state index is 3.16. The normalized spacial score (nSPS) is 10.9. The van der Waals surface area contributed by atoms with Crippen LogP contribution in [0.3, 0.4) is 0 Å². The fraction of sp³-hybridized carbons (Fsp3) is 1.00. The molecule has 0 aromatic carbocycles. The SMILES string of the molecule is CNCCCCCCN(C)C.CNCCCCCCN(C)C. The van der Waals surface area contributed by atoms with Crippen molar-refractivity contribution < 1.29 is 0 Å². The molecule has 4 nitrogen and oxygen atoms in total. The van der Waals surface area contributed by atoms with Gasteiger partial charge >= 0.3 is 0 Å². The zero-order chi connectivity index (χ0) is 17.1. The monoisotopic (exact) mass is 316 g/mol. The summed E-state index contributed by atoms with van der Waals surface area (Å²) in [6, 6.07) is 0. The highest BCUT2D eigenvalue weighted by molar-refractivity contribution is 4.48. The molecule has 0 saturated heterocycles. The smallest absolute Gasteiger partial charge is 0.00248 e. The van der Waals surface area contributed by atoms with Crippen molar-refractivity contribution in [1.29, 1.82) is 0 Å². The van der Waals surface area contributed by atoms with Gasteiger partial charge in [0, 0.05) is 0 Å². The molecule has 0 heterocycles. The summed E-state index contributed by atoms with van der Waals surface area (Å²) in [6.45, 7) is 4.81. The van der Waals surface area contributed by atoms with Crippen LogP contribution in [-0.4, -0.2) is 78.3 Å². The molecule has 0 amide bonds. The number of nitrogens with zero attached hydrogens (tertiary/aromatic N) is 2. The Morgan fingerprint density at radius 2 is 0.818 bits per heavy atom. The summed E-state index contributed by atoms with van der Waals surface area (Å²) in [5.74, 6) is 0. The predicted octanol–water partition coefficient (Wildman–Crippen LogP) is 2.66. The summed E-state index contributed by atoms with van der Waals surface area (Å²) in [7, 11) is 12.6. The van der Waals surface area contributed by atoms with Gasteiger partial charge in [0.2, 0.25) is 0 Å². The lowest BCUT2D eigenvalue weighted by Gasteiger charge is -2.08. The van der Waals surface area contributed by atoms with Crippen molar-refractivity contribution in [3.8, 4) is 0 Å². The third-order valence-corrected chi connectivity index (χ3v) is 3.56. The summed E-state index contributed by atoms with van der Waals surface area (Å²) in [5.41, 5.74) is 0. The molecule has 0 rings (SSSR count). The van der Waals surface area contributed by atoms with Crippen LogP contribution in [0.4, 0.5) is 0 Å². The van der Waals surface area contributed by atoms with Gasteiger partial charge in [0.15, 0.2) is 0 Å². The van der Waals surface area contributed by atoms with Crippen LogP contribution in [0.15, 0.2) is 0 Å². The number of hydrogen-bond acceptors (Lipinski definition) is 4. The van der Waals surface area contributed by atoms with E-state index in [1.54, 1.807) is 0 Å².